The second-order valence-corrected chi connectivity index (χ2v) is 14.4. The molecule has 2 heterocycles. The number of aliphatic carboxylic acids is 1. The van der Waals surface area contributed by atoms with Gasteiger partial charge in [0.1, 0.15) is 23.4 Å². The first-order valence-corrected chi connectivity index (χ1v) is 17.6. The smallest absolute Gasteiger partial charge is 0.419 e. The van der Waals surface area contributed by atoms with Gasteiger partial charge in [0.25, 0.3) is 5.56 Å². The first-order chi connectivity index (χ1) is 25.2. The van der Waals surface area contributed by atoms with Crippen LogP contribution in [0.3, 0.4) is 0 Å². The Bertz CT molecular complexity index is 1970. The maximum absolute atomic E-state index is 16.7. The van der Waals surface area contributed by atoms with E-state index in [-0.39, 0.29) is 54.0 Å². The maximum Gasteiger partial charge on any atom is 0.419 e. The summed E-state index contributed by atoms with van der Waals surface area (Å²) >= 11 is 0. The van der Waals surface area contributed by atoms with Gasteiger partial charge in [0.2, 0.25) is 5.91 Å². The van der Waals surface area contributed by atoms with Crippen molar-refractivity contribution in [3.8, 4) is 16.9 Å². The van der Waals surface area contributed by atoms with Gasteiger partial charge in [-0.1, -0.05) is 19.9 Å². The standard InChI is InChI=1S/C38H41F8N3O5/c1-19(2)14-28(49-18-22(10-13-48-11-5-12-48)25(16-30(49)50)37(41,42)43)36(53)47-27(17-31(51)52)33-34(39)24(15-26(35(33)40)38(44,45)46)32-20(3)6-9-29(21(32)4)54-23-7-8-23/h6,9,15-16,18-19,23,27-28H,5,7-8,10-14,17H2,1-4H3,(H,47,53)(H,51,52). The van der Waals surface area contributed by atoms with Crippen molar-refractivity contribution in [3.63, 3.8) is 0 Å². The number of carboxylic acids is 1. The highest BCUT2D eigenvalue weighted by atomic mass is 19.4. The minimum atomic E-state index is -5.40. The molecule has 54 heavy (non-hydrogen) atoms. The van der Waals surface area contributed by atoms with E-state index in [2.05, 4.69) is 5.32 Å². The molecule has 2 atom stereocenters. The molecule has 2 fully saturated rings. The van der Waals surface area contributed by atoms with Crippen LogP contribution in [0.2, 0.25) is 0 Å². The zero-order valence-electron chi connectivity index (χ0n) is 30.1. The van der Waals surface area contributed by atoms with Crippen LogP contribution in [0, 0.1) is 31.4 Å². The molecule has 294 valence electrons. The van der Waals surface area contributed by atoms with E-state index >= 15 is 8.78 Å². The van der Waals surface area contributed by atoms with Crippen LogP contribution >= 0.6 is 0 Å². The fourth-order valence-corrected chi connectivity index (χ4v) is 6.73. The third-order valence-electron chi connectivity index (χ3n) is 9.74. The first kappa shape index (κ1) is 40.7. The van der Waals surface area contributed by atoms with Crippen LogP contribution in [0.25, 0.3) is 11.1 Å². The third kappa shape index (κ3) is 9.07. The molecule has 2 aromatic carbocycles. The number of halogens is 8. The Hall–Kier alpha value is -4.47. The summed E-state index contributed by atoms with van der Waals surface area (Å²) < 4.78 is 125. The lowest BCUT2D eigenvalue weighted by Gasteiger charge is -2.31. The second kappa shape index (κ2) is 15.7. The molecule has 1 amide bonds. The average Bonchev–Trinajstić information content (AvgIpc) is 3.85. The number of hydrogen-bond acceptors (Lipinski definition) is 5. The van der Waals surface area contributed by atoms with E-state index in [0.29, 0.717) is 24.7 Å². The summed E-state index contributed by atoms with van der Waals surface area (Å²) in [5.41, 5.74) is -6.27. The molecule has 8 nitrogen and oxygen atoms in total. The van der Waals surface area contributed by atoms with Crippen molar-refractivity contribution in [2.75, 3.05) is 19.6 Å². The molecule has 3 aromatic rings. The van der Waals surface area contributed by atoms with Crippen LogP contribution in [0.15, 0.2) is 35.3 Å². The lowest BCUT2D eigenvalue weighted by molar-refractivity contribution is -0.140. The molecule has 0 bridgehead atoms. The van der Waals surface area contributed by atoms with Crippen molar-refractivity contribution < 1.29 is 54.6 Å². The van der Waals surface area contributed by atoms with Gasteiger partial charge < -0.3 is 24.6 Å². The van der Waals surface area contributed by atoms with Crippen molar-refractivity contribution in [3.05, 3.63) is 85.8 Å². The summed E-state index contributed by atoms with van der Waals surface area (Å²) in [6.07, 6.45) is -8.85. The summed E-state index contributed by atoms with van der Waals surface area (Å²) in [5.74, 6) is -6.86. The topological polar surface area (TPSA) is 101 Å². The van der Waals surface area contributed by atoms with Crippen LogP contribution in [0.4, 0.5) is 35.1 Å². The van der Waals surface area contributed by atoms with Gasteiger partial charge in [-0.3, -0.25) is 14.4 Å². The number of ether oxygens (including phenoxy) is 1. The Morgan fingerprint density at radius 2 is 1.63 bits per heavy atom. The minimum absolute atomic E-state index is 0.0578. The van der Waals surface area contributed by atoms with E-state index in [4.69, 9.17) is 4.74 Å². The number of aromatic nitrogens is 1. The van der Waals surface area contributed by atoms with Gasteiger partial charge >= 0.3 is 18.3 Å². The first-order valence-electron chi connectivity index (χ1n) is 17.6. The third-order valence-corrected chi connectivity index (χ3v) is 9.74. The number of benzene rings is 2. The monoisotopic (exact) mass is 771 g/mol. The Morgan fingerprint density at radius 1 is 0.981 bits per heavy atom. The Morgan fingerprint density at radius 3 is 2.17 bits per heavy atom. The Labute approximate surface area is 306 Å². The van der Waals surface area contributed by atoms with Gasteiger partial charge in [0.15, 0.2) is 0 Å². The largest absolute Gasteiger partial charge is 0.490 e. The van der Waals surface area contributed by atoms with E-state index in [9.17, 15) is 45.8 Å². The number of aryl methyl sites for hydroxylation is 1. The lowest BCUT2D eigenvalue weighted by Crippen LogP contribution is -2.41. The molecule has 1 saturated heterocycles. The number of nitrogens with one attached hydrogen (secondary N) is 1. The van der Waals surface area contributed by atoms with Crippen LogP contribution in [-0.4, -0.2) is 52.2 Å². The van der Waals surface area contributed by atoms with Crippen LogP contribution in [0.5, 0.6) is 5.75 Å². The van der Waals surface area contributed by atoms with Crippen molar-refractivity contribution >= 4 is 11.9 Å². The fourth-order valence-electron chi connectivity index (χ4n) is 6.73. The second-order valence-electron chi connectivity index (χ2n) is 14.4. The molecule has 1 aromatic heterocycles. The van der Waals surface area contributed by atoms with Gasteiger partial charge in [0, 0.05) is 29.9 Å². The SMILES string of the molecule is Cc1ccc(OC2CC2)c(C)c1-c1cc(C(F)(F)F)c(F)c(C(CC(=O)O)NC(=O)C(CC(C)C)n2cc(CCN3CCC3)c(C(F)(F)F)cc2=O)c1F. The minimum Gasteiger partial charge on any atom is -0.490 e. The van der Waals surface area contributed by atoms with Crippen molar-refractivity contribution in [1.82, 2.24) is 14.8 Å². The van der Waals surface area contributed by atoms with E-state index in [1.54, 1.807) is 19.9 Å². The van der Waals surface area contributed by atoms with Crippen LogP contribution < -0.4 is 15.6 Å². The summed E-state index contributed by atoms with van der Waals surface area (Å²) in [7, 11) is 0. The molecule has 0 spiro atoms. The number of likely N-dealkylation sites (tertiary alicyclic amines) is 1. The van der Waals surface area contributed by atoms with Crippen LogP contribution in [0.1, 0.15) is 91.4 Å². The fraction of sp³-hybridized carbons (Fsp3) is 0.500. The molecule has 1 aliphatic carbocycles. The maximum atomic E-state index is 16.7. The van der Waals surface area contributed by atoms with E-state index in [0.717, 1.165) is 30.0 Å². The summed E-state index contributed by atoms with van der Waals surface area (Å²) in [6, 6.07) is -0.201. The Balaban J connectivity index is 1.63. The molecule has 2 unspecified atom stereocenters. The average molecular weight is 772 g/mol. The molecule has 1 aliphatic heterocycles. The quantitative estimate of drug-likeness (QED) is 0.161. The summed E-state index contributed by atoms with van der Waals surface area (Å²) in [4.78, 5) is 41.3. The molecular formula is C38H41F8N3O5. The molecule has 16 heteroatoms. The van der Waals surface area contributed by atoms with Gasteiger partial charge in [-0.2, -0.15) is 26.3 Å². The molecular weight excluding hydrogens is 730 g/mol. The van der Waals surface area contributed by atoms with Crippen LogP contribution in [-0.2, 0) is 28.4 Å². The van der Waals surface area contributed by atoms with E-state index in [1.807, 2.05) is 4.90 Å². The highest BCUT2D eigenvalue weighted by Gasteiger charge is 2.41. The predicted octanol–water partition coefficient (Wildman–Crippen LogP) is 8.16. The number of hydrogen-bond donors (Lipinski definition) is 2. The van der Waals surface area contributed by atoms with Crippen molar-refractivity contribution in [2.24, 2.45) is 5.92 Å². The summed E-state index contributed by atoms with van der Waals surface area (Å²) in [5, 5.41) is 11.9. The number of amides is 1. The number of carbonyl (C=O) groups is 2. The van der Waals surface area contributed by atoms with E-state index < -0.39 is 88.1 Å². The number of carboxylic acid groups (broad SMARTS) is 1. The summed E-state index contributed by atoms with van der Waals surface area (Å²) in [6.45, 7) is 7.81. The Kier molecular flexibility index (Phi) is 11.8. The van der Waals surface area contributed by atoms with Gasteiger partial charge in [0.05, 0.1) is 29.7 Å². The van der Waals surface area contributed by atoms with Gasteiger partial charge in [-0.25, -0.2) is 8.78 Å². The number of alkyl halides is 6. The van der Waals surface area contributed by atoms with E-state index in [1.165, 1.54) is 19.9 Å². The highest BCUT2D eigenvalue weighted by molar-refractivity contribution is 5.82. The van der Waals surface area contributed by atoms with Gasteiger partial charge in [-0.15, -0.1) is 0 Å². The highest BCUT2D eigenvalue weighted by Crippen LogP contribution is 2.44. The number of rotatable bonds is 14. The van der Waals surface area contributed by atoms with Crippen molar-refractivity contribution in [2.45, 2.75) is 96.8 Å². The molecule has 5 rings (SSSR count). The van der Waals surface area contributed by atoms with Gasteiger partial charge in [-0.05, 0) is 99.3 Å². The molecule has 1 saturated carbocycles. The lowest BCUT2D eigenvalue weighted by atomic mass is 9.88. The number of nitrogens with zero attached hydrogens (tertiary/aromatic N) is 2. The molecule has 2 N–H and O–H groups in total. The number of pyridine rings is 1. The number of carbonyl (C=O) groups excluding carboxylic acids is 1. The van der Waals surface area contributed by atoms with Crippen molar-refractivity contribution in [1.29, 1.82) is 0 Å². The molecule has 2 aliphatic rings. The zero-order chi connectivity index (χ0) is 39.9. The predicted molar refractivity (Wildman–Crippen MR) is 182 cm³/mol. The normalized spacial score (nSPS) is 16.2. The zero-order valence-corrected chi connectivity index (χ0v) is 30.1. The molecule has 0 radical (unpaired) electrons.